The number of nitriles is 1. The summed E-state index contributed by atoms with van der Waals surface area (Å²) in [7, 11) is 1.46. The largest absolute Gasteiger partial charge is 0.492 e. The second-order valence-electron chi connectivity index (χ2n) is 19.2. The van der Waals surface area contributed by atoms with Crippen LogP contribution in [0.2, 0.25) is 0 Å². The first-order chi connectivity index (χ1) is 25.6. The first kappa shape index (κ1) is 40.6. The Labute approximate surface area is 325 Å². The molecular formula is C44H59N3O8. The van der Waals surface area contributed by atoms with Gasteiger partial charge in [0, 0.05) is 28.9 Å². The van der Waals surface area contributed by atoms with Gasteiger partial charge in [0.05, 0.1) is 18.1 Å². The summed E-state index contributed by atoms with van der Waals surface area (Å²) in [5.41, 5.74) is 4.69. The Morgan fingerprint density at radius 3 is 2.29 bits per heavy atom. The number of esters is 1. The Morgan fingerprint density at radius 2 is 1.67 bits per heavy atom. The smallest absolute Gasteiger partial charge is 0.320 e. The predicted molar refractivity (Wildman–Crippen MR) is 206 cm³/mol. The van der Waals surface area contributed by atoms with E-state index < -0.39 is 45.2 Å². The summed E-state index contributed by atoms with van der Waals surface area (Å²) in [6, 6.07) is 8.26. The van der Waals surface area contributed by atoms with Crippen LogP contribution in [0.1, 0.15) is 112 Å². The first-order valence-corrected chi connectivity index (χ1v) is 19.8. The molecule has 1 amide bonds. The van der Waals surface area contributed by atoms with E-state index in [2.05, 4.69) is 52.9 Å². The number of carboxylic acids is 1. The number of anilines is 1. The van der Waals surface area contributed by atoms with Crippen LogP contribution in [0.3, 0.4) is 0 Å². The molecule has 1 aromatic carbocycles. The van der Waals surface area contributed by atoms with E-state index in [-0.39, 0.29) is 65.9 Å². The first-order valence-electron chi connectivity index (χ1n) is 19.8. The van der Waals surface area contributed by atoms with E-state index in [1.807, 2.05) is 13.0 Å². The summed E-state index contributed by atoms with van der Waals surface area (Å²) in [4.78, 5) is 51.7. The lowest BCUT2D eigenvalue weighted by Crippen LogP contribution is -2.67. The average Bonchev–Trinajstić information content (AvgIpc) is 3.12. The number of rotatable bonds is 9. The molecule has 0 radical (unpaired) electrons. The van der Waals surface area contributed by atoms with Gasteiger partial charge in [0.1, 0.15) is 30.6 Å². The molecule has 0 heterocycles. The van der Waals surface area contributed by atoms with Crippen LogP contribution in [-0.2, 0) is 35.3 Å². The van der Waals surface area contributed by atoms with Crippen molar-refractivity contribution in [2.75, 3.05) is 12.4 Å². The molecule has 0 saturated heterocycles. The summed E-state index contributed by atoms with van der Waals surface area (Å²) in [5.74, 6) is -1.89. The van der Waals surface area contributed by atoms with E-state index in [1.165, 1.54) is 7.11 Å². The molecule has 0 aliphatic heterocycles. The van der Waals surface area contributed by atoms with Crippen LogP contribution in [0.5, 0.6) is 0 Å². The number of aliphatic hydroxyl groups is 1. The molecule has 5 aliphatic rings. The third-order valence-corrected chi connectivity index (χ3v) is 15.5. The molecule has 11 heteroatoms. The molecule has 55 heavy (non-hydrogen) atoms. The number of fused-ring (bicyclic) bond motifs is 7. The quantitative estimate of drug-likeness (QED) is 0.194. The molecule has 3 saturated carbocycles. The van der Waals surface area contributed by atoms with E-state index in [1.54, 1.807) is 24.3 Å². The number of aliphatic hydroxyl groups excluding tert-OH is 1. The van der Waals surface area contributed by atoms with E-state index in [4.69, 9.17) is 20.3 Å². The van der Waals surface area contributed by atoms with Gasteiger partial charge in [-0.1, -0.05) is 66.2 Å². The number of nitrogens with one attached hydrogen (secondary N) is 1. The summed E-state index contributed by atoms with van der Waals surface area (Å²) < 4.78 is 11.9. The topological polar surface area (TPSA) is 189 Å². The zero-order chi connectivity index (χ0) is 40.5. The number of carbonyl (C=O) groups is 4. The number of amides is 1. The Bertz CT molecular complexity index is 1870. The SMILES string of the molecule is COC(=O)[C@]12CCC(C)(C)C[C@H]1[C@H]1C(=O)C=C3[C@@]4(C)[C@@H](O)C(C#N)=C(OCc5ccc(NC(=O)CC[C@H](N)C(=O)O)cc5)C(C)(C)[C@@H]4CC[C@@]3(C)[C@]1(C)CC2. The van der Waals surface area contributed by atoms with E-state index in [0.717, 1.165) is 36.8 Å². The maximum absolute atomic E-state index is 14.8. The molecule has 5 aliphatic carbocycles. The minimum absolute atomic E-state index is 0.0146. The molecule has 6 rings (SSSR count). The van der Waals surface area contributed by atoms with Crippen molar-refractivity contribution in [2.24, 2.45) is 56.0 Å². The highest BCUT2D eigenvalue weighted by Crippen LogP contribution is 2.75. The van der Waals surface area contributed by atoms with Crippen molar-refractivity contribution in [3.63, 3.8) is 0 Å². The molecule has 0 spiro atoms. The minimum Gasteiger partial charge on any atom is -0.492 e. The number of carbonyl (C=O) groups excluding carboxylic acids is 3. The van der Waals surface area contributed by atoms with Gasteiger partial charge >= 0.3 is 11.9 Å². The third kappa shape index (κ3) is 6.23. The van der Waals surface area contributed by atoms with Crippen molar-refractivity contribution in [2.45, 2.75) is 125 Å². The fraction of sp³-hybridized carbons (Fsp3) is 0.659. The van der Waals surface area contributed by atoms with Crippen molar-refractivity contribution < 1.29 is 38.9 Å². The van der Waals surface area contributed by atoms with Crippen molar-refractivity contribution in [1.29, 1.82) is 5.26 Å². The van der Waals surface area contributed by atoms with Crippen molar-refractivity contribution in [1.82, 2.24) is 0 Å². The normalized spacial score (nSPS) is 36.4. The number of hydrogen-bond donors (Lipinski definition) is 4. The Kier molecular flexibility index (Phi) is 10.3. The number of ketones is 1. The molecule has 3 fully saturated rings. The summed E-state index contributed by atoms with van der Waals surface area (Å²) in [6.07, 6.45) is 5.89. The maximum atomic E-state index is 14.8. The van der Waals surface area contributed by atoms with Gasteiger partial charge in [-0.15, -0.1) is 0 Å². The lowest BCUT2D eigenvalue weighted by molar-refractivity contribution is -0.194. The van der Waals surface area contributed by atoms with Crippen LogP contribution in [0.15, 0.2) is 47.2 Å². The Hall–Kier alpha value is -4.01. The van der Waals surface area contributed by atoms with Crippen molar-refractivity contribution >= 4 is 29.3 Å². The standard InChI is InChI=1S/C44H59N3O8/c1-39(2)17-19-44(38(53)54-8)20-18-42(6)34(28(44)22-39)30(48)21-32-41(42,5)16-15-31-40(3,4)36(27(23-45)35(50)43(31,32)7)55-24-25-9-11-26(12-10-25)47-33(49)14-13-29(46)37(51)52/h9-12,21,28-29,31,34-35,50H,13-20,22,24,46H2,1-8H3,(H,47,49)(H,51,52)/t28-,29-,31-,34-,35-,41+,42+,43-,44-/m0/s1. The monoisotopic (exact) mass is 757 g/mol. The second kappa shape index (κ2) is 13.9. The van der Waals surface area contributed by atoms with Gasteiger partial charge in [-0.3, -0.25) is 19.2 Å². The molecule has 1 aromatic rings. The van der Waals surface area contributed by atoms with Crippen LogP contribution in [-0.4, -0.2) is 53.1 Å². The number of nitrogens with two attached hydrogens (primary N) is 1. The highest BCUT2D eigenvalue weighted by Gasteiger charge is 2.72. The molecule has 0 unspecified atom stereocenters. The number of allylic oxidation sites excluding steroid dienone is 2. The van der Waals surface area contributed by atoms with Crippen LogP contribution < -0.4 is 11.1 Å². The predicted octanol–water partition coefficient (Wildman–Crippen LogP) is 6.85. The number of methoxy groups -OCH3 is 1. The molecule has 298 valence electrons. The van der Waals surface area contributed by atoms with Crippen molar-refractivity contribution in [3.8, 4) is 6.07 Å². The highest BCUT2D eigenvalue weighted by molar-refractivity contribution is 5.96. The zero-order valence-corrected chi connectivity index (χ0v) is 33.7. The molecule has 0 bridgehead atoms. The molecule has 0 aromatic heterocycles. The Balaban J connectivity index is 1.29. The number of carboxylic acid groups (broad SMARTS) is 1. The van der Waals surface area contributed by atoms with Crippen molar-refractivity contribution in [3.05, 3.63) is 52.8 Å². The van der Waals surface area contributed by atoms with Gasteiger partial charge in [0.2, 0.25) is 5.91 Å². The van der Waals surface area contributed by atoms with E-state index in [0.29, 0.717) is 30.7 Å². The summed E-state index contributed by atoms with van der Waals surface area (Å²) in [5, 5.41) is 34.8. The molecular weight excluding hydrogens is 698 g/mol. The number of aliphatic carboxylic acids is 1. The van der Waals surface area contributed by atoms with Gasteiger partial charge in [-0.25, -0.2) is 0 Å². The van der Waals surface area contributed by atoms with Crippen LogP contribution >= 0.6 is 0 Å². The number of ether oxygens (including phenoxy) is 2. The molecule has 9 atom stereocenters. The van der Waals surface area contributed by atoms with Gasteiger partial charge in [-0.05, 0) is 103 Å². The third-order valence-electron chi connectivity index (χ3n) is 15.5. The van der Waals surface area contributed by atoms with Gasteiger partial charge in [0.25, 0.3) is 0 Å². The molecule has 11 nitrogen and oxygen atoms in total. The van der Waals surface area contributed by atoms with E-state index in [9.17, 15) is 29.5 Å². The minimum atomic E-state index is -1.21. The maximum Gasteiger partial charge on any atom is 0.320 e. The molecule has 5 N–H and O–H groups in total. The van der Waals surface area contributed by atoms with Gasteiger partial charge in [0.15, 0.2) is 5.78 Å². The summed E-state index contributed by atoms with van der Waals surface area (Å²) in [6.45, 7) is 15.3. The second-order valence-corrected chi connectivity index (χ2v) is 19.2. The van der Waals surface area contributed by atoms with Crippen LogP contribution in [0.4, 0.5) is 5.69 Å². The number of benzene rings is 1. The number of hydrogen-bond acceptors (Lipinski definition) is 9. The highest BCUT2D eigenvalue weighted by atomic mass is 16.5. The Morgan fingerprint density at radius 1 is 1.02 bits per heavy atom. The fourth-order valence-electron chi connectivity index (χ4n) is 12.2. The summed E-state index contributed by atoms with van der Waals surface area (Å²) >= 11 is 0. The van der Waals surface area contributed by atoms with Crippen LogP contribution in [0.25, 0.3) is 0 Å². The fourth-order valence-corrected chi connectivity index (χ4v) is 12.2. The number of nitrogens with zero attached hydrogens (tertiary/aromatic N) is 1. The van der Waals surface area contributed by atoms with Gasteiger partial charge < -0.3 is 30.7 Å². The van der Waals surface area contributed by atoms with Crippen LogP contribution in [0, 0.1) is 61.6 Å². The lowest BCUT2D eigenvalue weighted by Gasteiger charge is -2.69. The average molecular weight is 758 g/mol. The van der Waals surface area contributed by atoms with Gasteiger partial charge in [-0.2, -0.15) is 5.26 Å². The zero-order valence-electron chi connectivity index (χ0n) is 33.7. The lowest BCUT2D eigenvalue weighted by atomic mass is 9.33. The van der Waals surface area contributed by atoms with E-state index >= 15 is 0 Å².